The summed E-state index contributed by atoms with van der Waals surface area (Å²) in [5.41, 5.74) is 1.44. The first-order valence-electron chi connectivity index (χ1n) is 9.87. The molecule has 2 aromatic carbocycles. The van der Waals surface area contributed by atoms with Gasteiger partial charge in [0.15, 0.2) is 5.78 Å². The number of rotatable bonds is 8. The van der Waals surface area contributed by atoms with E-state index in [4.69, 9.17) is 4.74 Å². The average molecular weight is 417 g/mol. The summed E-state index contributed by atoms with van der Waals surface area (Å²) in [5.74, 6) is 0.999. The van der Waals surface area contributed by atoms with Gasteiger partial charge in [0.05, 0.1) is 18.6 Å². The van der Waals surface area contributed by atoms with Crippen LogP contribution in [0.2, 0.25) is 0 Å². The number of hydrogen-bond acceptors (Lipinski definition) is 5. The molecule has 0 aromatic heterocycles. The van der Waals surface area contributed by atoms with Gasteiger partial charge in [0.25, 0.3) is 0 Å². The number of Topliss-reactive ketones (excluding diaryl/α,β-unsaturated/α-hetero) is 1. The molecule has 1 atom stereocenters. The number of nitrogens with one attached hydrogen (secondary N) is 1. The van der Waals surface area contributed by atoms with E-state index in [1.165, 1.54) is 10.4 Å². The molecule has 1 saturated heterocycles. The van der Waals surface area contributed by atoms with Crippen LogP contribution in [0.5, 0.6) is 5.75 Å². The zero-order valence-corrected chi connectivity index (χ0v) is 17.7. The topological polar surface area (TPSA) is 75.7 Å². The van der Waals surface area contributed by atoms with Gasteiger partial charge >= 0.3 is 0 Å². The molecule has 156 valence electrons. The number of carbonyl (C=O) groups excluding carboxylic acids is 1. The Morgan fingerprint density at radius 1 is 1.21 bits per heavy atom. The van der Waals surface area contributed by atoms with Crippen LogP contribution < -0.4 is 10.1 Å². The second-order valence-electron chi connectivity index (χ2n) is 7.51. The molecule has 1 aliphatic heterocycles. The predicted molar refractivity (Wildman–Crippen MR) is 113 cm³/mol. The van der Waals surface area contributed by atoms with Crippen molar-refractivity contribution in [1.82, 2.24) is 9.62 Å². The summed E-state index contributed by atoms with van der Waals surface area (Å²) >= 11 is 0. The SMILES string of the molecule is COc1ccc(CNCC(=O)c2cccc(S(=O)(=O)N3CCCC(C)C3)c2)cc1. The lowest BCUT2D eigenvalue weighted by molar-refractivity contribution is 0.0990. The molecule has 7 heteroatoms. The Bertz CT molecular complexity index is 942. The first kappa shape index (κ1) is 21.5. The monoisotopic (exact) mass is 416 g/mol. The van der Waals surface area contributed by atoms with E-state index in [1.807, 2.05) is 24.3 Å². The number of ether oxygens (including phenoxy) is 1. The largest absolute Gasteiger partial charge is 0.497 e. The Labute approximate surface area is 172 Å². The highest BCUT2D eigenvalue weighted by atomic mass is 32.2. The van der Waals surface area contributed by atoms with Crippen molar-refractivity contribution in [1.29, 1.82) is 0 Å². The van der Waals surface area contributed by atoms with E-state index in [0.29, 0.717) is 31.1 Å². The lowest BCUT2D eigenvalue weighted by atomic mass is 10.0. The maximum atomic E-state index is 12.9. The highest BCUT2D eigenvalue weighted by Gasteiger charge is 2.29. The maximum absolute atomic E-state index is 12.9. The molecule has 0 radical (unpaired) electrons. The first-order valence-corrected chi connectivity index (χ1v) is 11.3. The maximum Gasteiger partial charge on any atom is 0.243 e. The van der Waals surface area contributed by atoms with Crippen molar-refractivity contribution in [3.05, 3.63) is 59.7 Å². The van der Waals surface area contributed by atoms with Crippen LogP contribution in [0.3, 0.4) is 0 Å². The van der Waals surface area contributed by atoms with E-state index in [1.54, 1.807) is 25.3 Å². The summed E-state index contributed by atoms with van der Waals surface area (Å²) in [6.45, 7) is 3.81. The van der Waals surface area contributed by atoms with Crippen molar-refractivity contribution in [2.45, 2.75) is 31.2 Å². The molecular weight excluding hydrogens is 388 g/mol. The predicted octanol–water partition coefficient (Wildman–Crippen LogP) is 3.09. The van der Waals surface area contributed by atoms with Gasteiger partial charge in [-0.05, 0) is 48.6 Å². The van der Waals surface area contributed by atoms with Crippen LogP contribution in [0, 0.1) is 5.92 Å². The molecule has 1 aliphatic rings. The number of carbonyl (C=O) groups is 1. The van der Waals surface area contributed by atoms with E-state index < -0.39 is 10.0 Å². The van der Waals surface area contributed by atoms with Crippen LogP contribution in [0.4, 0.5) is 0 Å². The van der Waals surface area contributed by atoms with Crippen LogP contribution in [0.25, 0.3) is 0 Å². The van der Waals surface area contributed by atoms with Gasteiger partial charge in [0.1, 0.15) is 5.75 Å². The molecule has 0 aliphatic carbocycles. The van der Waals surface area contributed by atoms with Crippen molar-refractivity contribution in [2.75, 3.05) is 26.7 Å². The van der Waals surface area contributed by atoms with E-state index in [2.05, 4.69) is 12.2 Å². The molecule has 1 fully saturated rings. The zero-order valence-electron chi connectivity index (χ0n) is 16.9. The molecule has 1 N–H and O–H groups in total. The average Bonchev–Trinajstić information content (AvgIpc) is 2.74. The zero-order chi connectivity index (χ0) is 20.9. The highest BCUT2D eigenvalue weighted by molar-refractivity contribution is 7.89. The van der Waals surface area contributed by atoms with Gasteiger partial charge in [-0.15, -0.1) is 0 Å². The van der Waals surface area contributed by atoms with Crippen LogP contribution >= 0.6 is 0 Å². The van der Waals surface area contributed by atoms with Crippen molar-refractivity contribution >= 4 is 15.8 Å². The van der Waals surface area contributed by atoms with Crippen molar-refractivity contribution in [3.63, 3.8) is 0 Å². The lowest BCUT2D eigenvalue weighted by Crippen LogP contribution is -2.39. The number of benzene rings is 2. The van der Waals surface area contributed by atoms with Gasteiger partial charge in [-0.2, -0.15) is 4.31 Å². The first-order chi connectivity index (χ1) is 13.9. The second kappa shape index (κ2) is 9.52. The quantitative estimate of drug-likeness (QED) is 0.670. The minimum absolute atomic E-state index is 0.135. The number of hydrogen-bond donors (Lipinski definition) is 1. The standard InChI is InChI=1S/C22H28N2O4S/c1-17-5-4-12-24(16-17)29(26,27)21-7-3-6-19(13-21)22(25)15-23-14-18-8-10-20(28-2)11-9-18/h3,6-11,13,17,23H,4-5,12,14-16H2,1-2H3. The molecule has 0 saturated carbocycles. The third-order valence-electron chi connectivity index (χ3n) is 5.19. The summed E-state index contributed by atoms with van der Waals surface area (Å²) in [5, 5.41) is 3.11. The summed E-state index contributed by atoms with van der Waals surface area (Å²) in [4.78, 5) is 12.7. The number of ketones is 1. The highest BCUT2D eigenvalue weighted by Crippen LogP contribution is 2.24. The normalized spacial score (nSPS) is 17.8. The molecule has 2 aromatic rings. The van der Waals surface area contributed by atoms with Gasteiger partial charge < -0.3 is 10.1 Å². The Kier molecular flexibility index (Phi) is 7.05. The van der Waals surface area contributed by atoms with Crippen molar-refractivity contribution < 1.29 is 17.9 Å². The Balaban J connectivity index is 1.62. The molecular formula is C22H28N2O4S. The summed E-state index contributed by atoms with van der Waals surface area (Å²) in [7, 11) is -1.96. The third-order valence-corrected chi connectivity index (χ3v) is 7.05. The number of piperidine rings is 1. The van der Waals surface area contributed by atoms with Crippen molar-refractivity contribution in [3.8, 4) is 5.75 Å². The number of sulfonamides is 1. The van der Waals surface area contributed by atoms with Crippen LogP contribution in [0.1, 0.15) is 35.7 Å². The smallest absolute Gasteiger partial charge is 0.243 e. The Hall–Kier alpha value is -2.22. The molecule has 1 unspecified atom stereocenters. The molecule has 1 heterocycles. The molecule has 0 spiro atoms. The number of nitrogens with zero attached hydrogens (tertiary/aromatic N) is 1. The van der Waals surface area contributed by atoms with E-state index in [9.17, 15) is 13.2 Å². The van der Waals surface area contributed by atoms with Gasteiger partial charge in [-0.25, -0.2) is 8.42 Å². The molecule has 0 bridgehead atoms. The molecule has 29 heavy (non-hydrogen) atoms. The Morgan fingerprint density at radius 3 is 2.66 bits per heavy atom. The van der Waals surface area contributed by atoms with E-state index in [-0.39, 0.29) is 17.2 Å². The fourth-order valence-electron chi connectivity index (χ4n) is 3.51. The fourth-order valence-corrected chi connectivity index (χ4v) is 5.15. The van der Waals surface area contributed by atoms with Gasteiger partial charge in [-0.1, -0.05) is 31.2 Å². The van der Waals surface area contributed by atoms with E-state index in [0.717, 1.165) is 24.2 Å². The summed E-state index contributed by atoms with van der Waals surface area (Å²) < 4.78 is 32.6. The molecule has 3 rings (SSSR count). The summed E-state index contributed by atoms with van der Waals surface area (Å²) in [6.07, 6.45) is 1.92. The second-order valence-corrected chi connectivity index (χ2v) is 9.45. The van der Waals surface area contributed by atoms with Crippen LogP contribution in [-0.2, 0) is 16.6 Å². The molecule has 6 nitrogen and oxygen atoms in total. The molecule has 0 amide bonds. The summed E-state index contributed by atoms with van der Waals surface area (Å²) in [6, 6.07) is 14.0. The minimum atomic E-state index is -3.57. The van der Waals surface area contributed by atoms with Gasteiger partial charge in [0.2, 0.25) is 10.0 Å². The minimum Gasteiger partial charge on any atom is -0.497 e. The fraction of sp³-hybridized carbons (Fsp3) is 0.409. The van der Waals surface area contributed by atoms with E-state index >= 15 is 0 Å². The third kappa shape index (κ3) is 5.44. The van der Waals surface area contributed by atoms with Gasteiger partial charge in [0, 0.05) is 25.2 Å². The number of methoxy groups -OCH3 is 1. The Morgan fingerprint density at radius 2 is 1.97 bits per heavy atom. The lowest BCUT2D eigenvalue weighted by Gasteiger charge is -2.30. The van der Waals surface area contributed by atoms with Gasteiger partial charge in [-0.3, -0.25) is 4.79 Å². The van der Waals surface area contributed by atoms with Crippen LogP contribution in [0.15, 0.2) is 53.4 Å². The van der Waals surface area contributed by atoms with Crippen LogP contribution in [-0.4, -0.2) is 45.3 Å². The van der Waals surface area contributed by atoms with Crippen molar-refractivity contribution in [2.24, 2.45) is 5.92 Å².